The molecule has 1 aromatic rings. The molecule has 1 unspecified atom stereocenters. The minimum absolute atomic E-state index is 0.233. The molecule has 3 heteroatoms. The summed E-state index contributed by atoms with van der Waals surface area (Å²) < 4.78 is 0. The first-order valence-electron chi connectivity index (χ1n) is 6.56. The van der Waals surface area contributed by atoms with Gasteiger partial charge in [-0.3, -0.25) is 4.90 Å². The van der Waals surface area contributed by atoms with Crippen LogP contribution in [0.15, 0.2) is 17.5 Å². The van der Waals surface area contributed by atoms with Crippen molar-refractivity contribution in [3.8, 4) is 0 Å². The Bertz CT molecular complexity index is 326. The Morgan fingerprint density at radius 1 is 1.47 bits per heavy atom. The molecule has 1 aromatic heterocycles. The van der Waals surface area contributed by atoms with Crippen molar-refractivity contribution in [2.24, 2.45) is 0 Å². The van der Waals surface area contributed by atoms with Gasteiger partial charge in [-0.2, -0.15) is 0 Å². The number of nitrogens with one attached hydrogen (secondary N) is 1. The summed E-state index contributed by atoms with van der Waals surface area (Å²) in [6.45, 7) is 10.2. The second kappa shape index (κ2) is 5.51. The minimum Gasteiger partial charge on any atom is -0.311 e. The standard InChI is InChI=1S/C14H24N2S/c1-14(2,3)15-10-12-6-4-8-16(12)11-13-7-5-9-17-13/h5,7,9,12,15H,4,6,8,10-11H2,1-3H3. The van der Waals surface area contributed by atoms with Crippen molar-refractivity contribution in [1.82, 2.24) is 10.2 Å². The van der Waals surface area contributed by atoms with Crippen molar-refractivity contribution in [2.75, 3.05) is 13.1 Å². The van der Waals surface area contributed by atoms with Gasteiger partial charge in [-0.05, 0) is 51.6 Å². The van der Waals surface area contributed by atoms with E-state index in [1.165, 1.54) is 24.3 Å². The van der Waals surface area contributed by atoms with Crippen molar-refractivity contribution in [3.63, 3.8) is 0 Å². The van der Waals surface area contributed by atoms with E-state index >= 15 is 0 Å². The Kier molecular flexibility index (Phi) is 4.23. The van der Waals surface area contributed by atoms with Gasteiger partial charge >= 0.3 is 0 Å². The summed E-state index contributed by atoms with van der Waals surface area (Å²) in [4.78, 5) is 4.12. The third-order valence-electron chi connectivity index (χ3n) is 3.31. The highest BCUT2D eigenvalue weighted by molar-refractivity contribution is 7.09. The van der Waals surface area contributed by atoms with Crippen LogP contribution in [-0.4, -0.2) is 29.6 Å². The summed E-state index contributed by atoms with van der Waals surface area (Å²) in [7, 11) is 0. The van der Waals surface area contributed by atoms with Crippen LogP contribution in [0.4, 0.5) is 0 Å². The van der Waals surface area contributed by atoms with Crippen LogP contribution in [0.25, 0.3) is 0 Å². The molecule has 17 heavy (non-hydrogen) atoms. The molecule has 96 valence electrons. The zero-order valence-electron chi connectivity index (χ0n) is 11.2. The second-order valence-electron chi connectivity index (χ2n) is 5.98. The van der Waals surface area contributed by atoms with Crippen LogP contribution in [0.2, 0.25) is 0 Å². The first kappa shape index (κ1) is 13.1. The monoisotopic (exact) mass is 252 g/mol. The van der Waals surface area contributed by atoms with Gasteiger partial charge in [0.25, 0.3) is 0 Å². The van der Waals surface area contributed by atoms with Gasteiger partial charge in [0.2, 0.25) is 0 Å². The van der Waals surface area contributed by atoms with E-state index in [0.717, 1.165) is 19.1 Å². The molecule has 0 spiro atoms. The van der Waals surface area contributed by atoms with Crippen LogP contribution in [-0.2, 0) is 6.54 Å². The summed E-state index contributed by atoms with van der Waals surface area (Å²) in [5, 5.41) is 5.81. The predicted molar refractivity (Wildman–Crippen MR) is 75.5 cm³/mol. The summed E-state index contributed by atoms with van der Waals surface area (Å²) in [6, 6.07) is 5.12. The summed E-state index contributed by atoms with van der Waals surface area (Å²) in [5.74, 6) is 0. The molecule has 0 saturated carbocycles. The Labute approximate surface area is 109 Å². The zero-order valence-corrected chi connectivity index (χ0v) is 12.0. The van der Waals surface area contributed by atoms with Crippen LogP contribution in [0, 0.1) is 0 Å². The van der Waals surface area contributed by atoms with E-state index in [9.17, 15) is 0 Å². The van der Waals surface area contributed by atoms with E-state index in [0.29, 0.717) is 0 Å². The fourth-order valence-corrected chi connectivity index (χ4v) is 3.09. The Hall–Kier alpha value is -0.380. The van der Waals surface area contributed by atoms with Gasteiger partial charge in [-0.25, -0.2) is 0 Å². The lowest BCUT2D eigenvalue weighted by Crippen LogP contribution is -2.44. The minimum atomic E-state index is 0.233. The smallest absolute Gasteiger partial charge is 0.0331 e. The lowest BCUT2D eigenvalue weighted by molar-refractivity contribution is 0.227. The topological polar surface area (TPSA) is 15.3 Å². The van der Waals surface area contributed by atoms with Crippen LogP contribution in [0.3, 0.4) is 0 Å². The van der Waals surface area contributed by atoms with Gasteiger partial charge < -0.3 is 5.32 Å². The summed E-state index contributed by atoms with van der Waals surface area (Å²) >= 11 is 1.87. The predicted octanol–water partition coefficient (Wildman–Crippen LogP) is 3.10. The average Bonchev–Trinajstić information content (AvgIpc) is 2.86. The molecule has 1 aliphatic rings. The van der Waals surface area contributed by atoms with Crippen LogP contribution in [0.5, 0.6) is 0 Å². The van der Waals surface area contributed by atoms with Gasteiger partial charge in [0.05, 0.1) is 0 Å². The third kappa shape index (κ3) is 4.09. The molecule has 1 saturated heterocycles. The maximum Gasteiger partial charge on any atom is 0.0331 e. The van der Waals surface area contributed by atoms with E-state index in [4.69, 9.17) is 0 Å². The molecular weight excluding hydrogens is 228 g/mol. The maximum atomic E-state index is 3.64. The first-order chi connectivity index (χ1) is 8.04. The quantitative estimate of drug-likeness (QED) is 0.886. The summed E-state index contributed by atoms with van der Waals surface area (Å²) in [6.07, 6.45) is 2.69. The number of rotatable bonds is 4. The molecule has 1 N–H and O–H groups in total. The third-order valence-corrected chi connectivity index (χ3v) is 4.17. The average molecular weight is 252 g/mol. The van der Waals surface area contributed by atoms with Crippen molar-refractivity contribution < 1.29 is 0 Å². The van der Waals surface area contributed by atoms with Crippen molar-refractivity contribution >= 4 is 11.3 Å². The largest absolute Gasteiger partial charge is 0.311 e. The highest BCUT2D eigenvalue weighted by atomic mass is 32.1. The Morgan fingerprint density at radius 2 is 2.29 bits per heavy atom. The molecule has 1 aliphatic heterocycles. The van der Waals surface area contributed by atoms with E-state index in [1.807, 2.05) is 11.3 Å². The number of nitrogens with zero attached hydrogens (tertiary/aromatic N) is 1. The zero-order chi connectivity index (χ0) is 12.3. The van der Waals surface area contributed by atoms with E-state index in [1.54, 1.807) is 0 Å². The van der Waals surface area contributed by atoms with Gasteiger partial charge in [0.1, 0.15) is 0 Å². The molecule has 2 rings (SSSR count). The van der Waals surface area contributed by atoms with E-state index < -0.39 is 0 Å². The molecule has 0 bridgehead atoms. The Morgan fingerprint density at radius 3 is 2.94 bits per heavy atom. The molecular formula is C14H24N2S. The van der Waals surface area contributed by atoms with Crippen molar-refractivity contribution in [3.05, 3.63) is 22.4 Å². The van der Waals surface area contributed by atoms with Crippen LogP contribution < -0.4 is 5.32 Å². The van der Waals surface area contributed by atoms with Crippen molar-refractivity contribution in [2.45, 2.75) is 51.7 Å². The number of thiophene rings is 1. The van der Waals surface area contributed by atoms with E-state index in [-0.39, 0.29) is 5.54 Å². The lowest BCUT2D eigenvalue weighted by Gasteiger charge is -2.28. The van der Waals surface area contributed by atoms with Crippen LogP contribution >= 0.6 is 11.3 Å². The second-order valence-corrected chi connectivity index (χ2v) is 7.01. The normalized spacial score (nSPS) is 22.2. The van der Waals surface area contributed by atoms with Crippen molar-refractivity contribution in [1.29, 1.82) is 0 Å². The Balaban J connectivity index is 1.85. The van der Waals surface area contributed by atoms with Gasteiger partial charge in [-0.1, -0.05) is 6.07 Å². The number of hydrogen-bond donors (Lipinski definition) is 1. The molecule has 0 radical (unpaired) electrons. The van der Waals surface area contributed by atoms with Gasteiger partial charge in [-0.15, -0.1) is 11.3 Å². The first-order valence-corrected chi connectivity index (χ1v) is 7.44. The molecule has 1 atom stereocenters. The lowest BCUT2D eigenvalue weighted by atomic mass is 10.1. The molecule has 0 amide bonds. The molecule has 0 aromatic carbocycles. The summed E-state index contributed by atoms with van der Waals surface area (Å²) in [5.41, 5.74) is 0.233. The van der Waals surface area contributed by atoms with Crippen LogP contribution in [0.1, 0.15) is 38.5 Å². The number of hydrogen-bond acceptors (Lipinski definition) is 3. The van der Waals surface area contributed by atoms with Gasteiger partial charge in [0, 0.05) is 29.5 Å². The molecule has 0 aliphatic carbocycles. The SMILES string of the molecule is CC(C)(C)NCC1CCCN1Cc1cccs1. The fraction of sp³-hybridized carbons (Fsp3) is 0.714. The van der Waals surface area contributed by atoms with E-state index in [2.05, 4.69) is 48.5 Å². The van der Waals surface area contributed by atoms with Gasteiger partial charge in [0.15, 0.2) is 0 Å². The molecule has 1 fully saturated rings. The molecule has 2 heterocycles. The highest BCUT2D eigenvalue weighted by Gasteiger charge is 2.25. The number of likely N-dealkylation sites (tertiary alicyclic amines) is 1. The highest BCUT2D eigenvalue weighted by Crippen LogP contribution is 2.22. The molecule has 2 nitrogen and oxygen atoms in total. The fourth-order valence-electron chi connectivity index (χ4n) is 2.36. The maximum absolute atomic E-state index is 3.64.